The zero-order chi connectivity index (χ0) is 14.0. The average Bonchev–Trinajstić information content (AvgIpc) is 2.75. The van der Waals surface area contributed by atoms with E-state index in [9.17, 15) is 4.79 Å². The Labute approximate surface area is 129 Å². The number of carbonyl (C=O) groups excluding carboxylic acids is 1. The first-order valence-corrected chi connectivity index (χ1v) is 6.55. The summed E-state index contributed by atoms with van der Waals surface area (Å²) in [4.78, 5) is 12.1. The molecule has 0 fully saturated rings. The third-order valence-corrected chi connectivity index (χ3v) is 3.48. The van der Waals surface area contributed by atoms with Gasteiger partial charge in [-0.15, -0.1) is 12.4 Å². The van der Waals surface area contributed by atoms with Crippen LogP contribution in [0.15, 0.2) is 22.6 Å². The summed E-state index contributed by atoms with van der Waals surface area (Å²) in [5, 5.41) is 7.28. The molecule has 0 saturated carbocycles. The summed E-state index contributed by atoms with van der Waals surface area (Å²) < 4.78 is 5.59. The van der Waals surface area contributed by atoms with E-state index in [2.05, 4.69) is 10.6 Å². The number of furan rings is 1. The third-order valence-electron chi connectivity index (χ3n) is 3.18. The van der Waals surface area contributed by atoms with E-state index in [1.54, 1.807) is 6.07 Å². The van der Waals surface area contributed by atoms with Gasteiger partial charge in [0.2, 0.25) is 0 Å². The third kappa shape index (κ3) is 3.26. The zero-order valence-electron chi connectivity index (χ0n) is 11.6. The van der Waals surface area contributed by atoms with Crippen molar-refractivity contribution in [2.45, 2.75) is 19.9 Å². The second-order valence-electron chi connectivity index (χ2n) is 4.57. The van der Waals surface area contributed by atoms with Crippen LogP contribution >= 0.6 is 24.0 Å². The Kier molecular flexibility index (Phi) is 5.87. The van der Waals surface area contributed by atoms with E-state index in [1.165, 1.54) is 0 Å². The minimum absolute atomic E-state index is 0. The fourth-order valence-corrected chi connectivity index (χ4v) is 2.07. The van der Waals surface area contributed by atoms with Gasteiger partial charge in [-0.3, -0.25) is 4.79 Å². The minimum Gasteiger partial charge on any atom is -0.449 e. The molecule has 0 aliphatic heterocycles. The van der Waals surface area contributed by atoms with Crippen LogP contribution in [0.3, 0.4) is 0 Å². The summed E-state index contributed by atoms with van der Waals surface area (Å²) >= 11 is 6.06. The second-order valence-corrected chi connectivity index (χ2v) is 4.98. The van der Waals surface area contributed by atoms with Crippen LogP contribution in [-0.2, 0) is 0 Å². The first kappa shape index (κ1) is 16.8. The van der Waals surface area contributed by atoms with Crippen molar-refractivity contribution in [1.29, 1.82) is 0 Å². The number of hydrogen-bond donors (Lipinski definition) is 2. The molecule has 2 aromatic rings. The van der Waals surface area contributed by atoms with Gasteiger partial charge in [0, 0.05) is 23.5 Å². The highest BCUT2D eigenvalue weighted by molar-refractivity contribution is 6.35. The van der Waals surface area contributed by atoms with Gasteiger partial charge in [0.05, 0.1) is 5.02 Å². The normalized spacial score (nSPS) is 12.0. The monoisotopic (exact) mass is 316 g/mol. The highest BCUT2D eigenvalue weighted by Gasteiger charge is 2.18. The van der Waals surface area contributed by atoms with Gasteiger partial charge in [0.1, 0.15) is 0 Å². The Morgan fingerprint density at radius 1 is 1.45 bits per heavy atom. The standard InChI is InChI=1S/C14H17ClN2O2.ClH/c1-8(16-3)7-17-14(18)12-9(2)10-5-4-6-11(15)13(10)19-12;/h4-6,8,16H,7H2,1-3H3,(H,17,18);1H. The predicted octanol–water partition coefficient (Wildman–Crippen LogP) is 3.15. The molecule has 0 aliphatic rings. The van der Waals surface area contributed by atoms with Crippen LogP contribution in [0.5, 0.6) is 0 Å². The van der Waals surface area contributed by atoms with Crippen molar-refractivity contribution in [3.05, 3.63) is 34.5 Å². The molecular formula is C14H18Cl2N2O2. The maximum Gasteiger partial charge on any atom is 0.287 e. The number of para-hydroxylation sites is 1. The van der Waals surface area contributed by atoms with E-state index in [4.69, 9.17) is 16.0 Å². The number of benzene rings is 1. The molecule has 2 rings (SSSR count). The van der Waals surface area contributed by atoms with Crippen LogP contribution in [0, 0.1) is 6.92 Å². The Hall–Kier alpha value is -1.23. The summed E-state index contributed by atoms with van der Waals surface area (Å²) in [7, 11) is 1.85. The molecule has 0 aliphatic carbocycles. The highest BCUT2D eigenvalue weighted by Crippen LogP contribution is 2.30. The maximum atomic E-state index is 12.1. The molecule has 20 heavy (non-hydrogen) atoms. The van der Waals surface area contributed by atoms with Crippen molar-refractivity contribution in [1.82, 2.24) is 10.6 Å². The Morgan fingerprint density at radius 3 is 2.75 bits per heavy atom. The zero-order valence-corrected chi connectivity index (χ0v) is 13.2. The lowest BCUT2D eigenvalue weighted by molar-refractivity contribution is 0.0924. The minimum atomic E-state index is -0.216. The van der Waals surface area contributed by atoms with Crippen LogP contribution in [0.25, 0.3) is 11.0 Å². The number of carbonyl (C=O) groups is 1. The maximum absolute atomic E-state index is 12.1. The molecule has 1 amide bonds. The highest BCUT2D eigenvalue weighted by atomic mass is 35.5. The van der Waals surface area contributed by atoms with Crippen molar-refractivity contribution in [2.24, 2.45) is 0 Å². The molecule has 1 heterocycles. The molecule has 0 saturated heterocycles. The molecule has 1 unspecified atom stereocenters. The number of hydrogen-bond acceptors (Lipinski definition) is 3. The first-order chi connectivity index (χ1) is 9.04. The number of nitrogens with one attached hydrogen (secondary N) is 2. The van der Waals surface area contributed by atoms with Gasteiger partial charge in [0.15, 0.2) is 11.3 Å². The Balaban J connectivity index is 0.00000200. The smallest absolute Gasteiger partial charge is 0.287 e. The van der Waals surface area contributed by atoms with E-state index in [0.29, 0.717) is 22.9 Å². The molecule has 110 valence electrons. The van der Waals surface area contributed by atoms with Gasteiger partial charge in [-0.25, -0.2) is 0 Å². The predicted molar refractivity (Wildman–Crippen MR) is 84.1 cm³/mol. The second kappa shape index (κ2) is 6.97. The van der Waals surface area contributed by atoms with Gasteiger partial charge in [-0.05, 0) is 27.0 Å². The molecule has 1 aromatic carbocycles. The van der Waals surface area contributed by atoms with Crippen LogP contribution in [0.4, 0.5) is 0 Å². The molecule has 4 nitrogen and oxygen atoms in total. The summed E-state index contributed by atoms with van der Waals surface area (Å²) in [6.07, 6.45) is 0. The summed E-state index contributed by atoms with van der Waals surface area (Å²) in [5.41, 5.74) is 1.38. The van der Waals surface area contributed by atoms with Crippen molar-refractivity contribution < 1.29 is 9.21 Å². The number of fused-ring (bicyclic) bond motifs is 1. The van der Waals surface area contributed by atoms with Crippen LogP contribution in [-0.4, -0.2) is 25.5 Å². The fourth-order valence-electron chi connectivity index (χ4n) is 1.85. The van der Waals surface area contributed by atoms with Gasteiger partial charge >= 0.3 is 0 Å². The molecule has 1 atom stereocenters. The van der Waals surface area contributed by atoms with Crippen molar-refractivity contribution in [3.63, 3.8) is 0 Å². The molecule has 0 bridgehead atoms. The van der Waals surface area contributed by atoms with Crippen molar-refractivity contribution in [2.75, 3.05) is 13.6 Å². The molecule has 1 aromatic heterocycles. The topological polar surface area (TPSA) is 54.3 Å². The summed E-state index contributed by atoms with van der Waals surface area (Å²) in [5.74, 6) is 0.110. The lowest BCUT2D eigenvalue weighted by Crippen LogP contribution is -2.37. The van der Waals surface area contributed by atoms with Crippen LogP contribution in [0.1, 0.15) is 23.0 Å². The van der Waals surface area contributed by atoms with Gasteiger partial charge in [-0.2, -0.15) is 0 Å². The largest absolute Gasteiger partial charge is 0.449 e. The van der Waals surface area contributed by atoms with Crippen molar-refractivity contribution in [3.8, 4) is 0 Å². The number of likely N-dealkylation sites (N-methyl/N-ethyl adjacent to an activating group) is 1. The fraction of sp³-hybridized carbons (Fsp3) is 0.357. The first-order valence-electron chi connectivity index (χ1n) is 6.17. The molecule has 2 N–H and O–H groups in total. The summed E-state index contributed by atoms with van der Waals surface area (Å²) in [6, 6.07) is 5.69. The van der Waals surface area contributed by atoms with Crippen molar-refractivity contribution >= 4 is 40.9 Å². The Bertz CT molecular complexity index is 610. The number of halogens is 2. The van der Waals surface area contributed by atoms with E-state index in [-0.39, 0.29) is 24.4 Å². The number of amides is 1. The van der Waals surface area contributed by atoms with Crippen LogP contribution < -0.4 is 10.6 Å². The lowest BCUT2D eigenvalue weighted by Gasteiger charge is -2.10. The van der Waals surface area contributed by atoms with E-state index < -0.39 is 0 Å². The molecule has 6 heteroatoms. The number of aryl methyl sites for hydroxylation is 1. The molecule has 0 spiro atoms. The van der Waals surface area contributed by atoms with Crippen LogP contribution in [0.2, 0.25) is 5.02 Å². The van der Waals surface area contributed by atoms with Gasteiger partial charge in [0.25, 0.3) is 5.91 Å². The average molecular weight is 317 g/mol. The lowest BCUT2D eigenvalue weighted by atomic mass is 10.1. The summed E-state index contributed by atoms with van der Waals surface area (Å²) in [6.45, 7) is 4.39. The number of rotatable bonds is 4. The van der Waals surface area contributed by atoms with E-state index >= 15 is 0 Å². The van der Waals surface area contributed by atoms with E-state index in [1.807, 2.05) is 33.0 Å². The quantitative estimate of drug-likeness (QED) is 0.911. The van der Waals surface area contributed by atoms with Gasteiger partial charge in [-0.1, -0.05) is 23.7 Å². The molecular weight excluding hydrogens is 299 g/mol. The SMILES string of the molecule is CNC(C)CNC(=O)c1oc2c(Cl)cccc2c1C.Cl. The van der Waals surface area contributed by atoms with E-state index in [0.717, 1.165) is 10.9 Å². The van der Waals surface area contributed by atoms with Gasteiger partial charge < -0.3 is 15.1 Å². The molecule has 0 radical (unpaired) electrons. The Morgan fingerprint density at radius 2 is 2.15 bits per heavy atom.